The van der Waals surface area contributed by atoms with Crippen LogP contribution in [0.25, 0.3) is 0 Å². The maximum absolute atomic E-state index is 12.1. The maximum atomic E-state index is 12.1. The standard InChI is InChI=1S/C17H16N4O4/c22-14(13-3-1-2-8-18-13)9-19-16(24)11-4-6-12(7-5-11)21-10-15(23)20-17(21)25/h1-8,14,22H,9-10H2,(H,19,24)(H,20,23,25)/t14-/m1/s1. The molecular weight excluding hydrogens is 324 g/mol. The van der Waals surface area contributed by atoms with Crippen molar-refractivity contribution in [1.82, 2.24) is 15.6 Å². The van der Waals surface area contributed by atoms with E-state index in [1.807, 2.05) is 0 Å². The lowest BCUT2D eigenvalue weighted by Crippen LogP contribution is -2.29. The summed E-state index contributed by atoms with van der Waals surface area (Å²) < 4.78 is 0. The summed E-state index contributed by atoms with van der Waals surface area (Å²) >= 11 is 0. The summed E-state index contributed by atoms with van der Waals surface area (Å²) in [6.07, 6.45) is 0.668. The fourth-order valence-corrected chi connectivity index (χ4v) is 2.41. The number of amides is 4. The first kappa shape index (κ1) is 16.6. The van der Waals surface area contributed by atoms with Crippen LogP contribution < -0.4 is 15.5 Å². The van der Waals surface area contributed by atoms with Crippen LogP contribution >= 0.6 is 0 Å². The number of carbonyl (C=O) groups is 3. The minimum atomic E-state index is -0.899. The molecule has 3 N–H and O–H groups in total. The predicted octanol–water partition coefficient (Wildman–Crippen LogP) is 0.601. The number of aliphatic hydroxyl groups excluding tert-OH is 1. The van der Waals surface area contributed by atoms with E-state index >= 15 is 0 Å². The van der Waals surface area contributed by atoms with Crippen molar-refractivity contribution in [3.63, 3.8) is 0 Å². The van der Waals surface area contributed by atoms with Gasteiger partial charge in [-0.15, -0.1) is 0 Å². The first-order valence-electron chi connectivity index (χ1n) is 7.63. The number of nitrogens with zero attached hydrogens (tertiary/aromatic N) is 2. The maximum Gasteiger partial charge on any atom is 0.329 e. The number of pyridine rings is 1. The first-order valence-corrected chi connectivity index (χ1v) is 7.63. The Morgan fingerprint density at radius 3 is 2.60 bits per heavy atom. The summed E-state index contributed by atoms with van der Waals surface area (Å²) in [6.45, 7) is -0.0126. The molecular formula is C17H16N4O4. The normalized spacial score (nSPS) is 15.0. The van der Waals surface area contributed by atoms with Gasteiger partial charge in [0, 0.05) is 24.0 Å². The summed E-state index contributed by atoms with van der Waals surface area (Å²) in [5.74, 6) is -0.723. The second kappa shape index (κ2) is 7.10. The van der Waals surface area contributed by atoms with E-state index < -0.39 is 12.1 Å². The summed E-state index contributed by atoms with van der Waals surface area (Å²) in [4.78, 5) is 40.3. The molecule has 25 heavy (non-hydrogen) atoms. The van der Waals surface area contributed by atoms with Crippen LogP contribution in [0.5, 0.6) is 0 Å². The van der Waals surface area contributed by atoms with Gasteiger partial charge in [0.15, 0.2) is 0 Å². The molecule has 3 rings (SSSR count). The number of hydrogen-bond donors (Lipinski definition) is 3. The van der Waals surface area contributed by atoms with Crippen molar-refractivity contribution in [3.05, 3.63) is 59.9 Å². The molecule has 1 atom stereocenters. The van der Waals surface area contributed by atoms with Crippen molar-refractivity contribution in [2.45, 2.75) is 6.10 Å². The van der Waals surface area contributed by atoms with Crippen LogP contribution in [0.15, 0.2) is 48.7 Å². The van der Waals surface area contributed by atoms with Gasteiger partial charge in [0.2, 0.25) is 5.91 Å². The van der Waals surface area contributed by atoms with E-state index in [0.717, 1.165) is 0 Å². The Morgan fingerprint density at radius 1 is 1.24 bits per heavy atom. The summed E-state index contributed by atoms with van der Waals surface area (Å²) in [5.41, 5.74) is 1.37. The number of aliphatic hydroxyl groups is 1. The molecule has 2 aromatic rings. The van der Waals surface area contributed by atoms with Gasteiger partial charge in [-0.3, -0.25) is 24.8 Å². The van der Waals surface area contributed by atoms with Gasteiger partial charge in [0.1, 0.15) is 12.6 Å². The predicted molar refractivity (Wildman–Crippen MR) is 88.9 cm³/mol. The van der Waals surface area contributed by atoms with E-state index in [4.69, 9.17) is 0 Å². The molecule has 0 aliphatic carbocycles. The third kappa shape index (κ3) is 3.81. The lowest BCUT2D eigenvalue weighted by Gasteiger charge is -2.14. The van der Waals surface area contributed by atoms with E-state index in [2.05, 4.69) is 15.6 Å². The van der Waals surface area contributed by atoms with Gasteiger partial charge in [0.25, 0.3) is 5.91 Å². The molecule has 1 aromatic heterocycles. The highest BCUT2D eigenvalue weighted by molar-refractivity contribution is 6.12. The Labute approximate surface area is 143 Å². The minimum Gasteiger partial charge on any atom is -0.385 e. The summed E-state index contributed by atoms with van der Waals surface area (Å²) in [5, 5.41) is 14.8. The lowest BCUT2D eigenvalue weighted by molar-refractivity contribution is -0.117. The van der Waals surface area contributed by atoms with Crippen LogP contribution in [0.1, 0.15) is 22.2 Å². The summed E-state index contributed by atoms with van der Waals surface area (Å²) in [7, 11) is 0. The Bertz CT molecular complexity index is 792. The number of nitrogens with one attached hydrogen (secondary N) is 2. The molecule has 2 heterocycles. The van der Waals surface area contributed by atoms with Crippen LogP contribution in [0.4, 0.5) is 10.5 Å². The number of urea groups is 1. The zero-order valence-corrected chi connectivity index (χ0v) is 13.2. The van der Waals surface area contributed by atoms with Gasteiger partial charge >= 0.3 is 6.03 Å². The van der Waals surface area contributed by atoms with Crippen LogP contribution in [0.2, 0.25) is 0 Å². The fraction of sp³-hybridized carbons (Fsp3) is 0.176. The topological polar surface area (TPSA) is 112 Å². The van der Waals surface area contributed by atoms with E-state index in [-0.39, 0.29) is 24.9 Å². The molecule has 4 amide bonds. The van der Waals surface area contributed by atoms with E-state index in [1.165, 1.54) is 4.90 Å². The Morgan fingerprint density at radius 2 is 2.00 bits per heavy atom. The van der Waals surface area contributed by atoms with Crippen molar-refractivity contribution >= 4 is 23.5 Å². The minimum absolute atomic E-state index is 0.0284. The molecule has 8 heteroatoms. The van der Waals surface area contributed by atoms with Crippen molar-refractivity contribution < 1.29 is 19.5 Å². The van der Waals surface area contributed by atoms with Crippen LogP contribution in [0.3, 0.4) is 0 Å². The molecule has 1 fully saturated rings. The molecule has 0 bridgehead atoms. The van der Waals surface area contributed by atoms with Gasteiger partial charge in [-0.25, -0.2) is 4.79 Å². The molecule has 1 saturated heterocycles. The summed E-state index contributed by atoms with van der Waals surface area (Å²) in [6, 6.07) is 11.0. The average molecular weight is 340 g/mol. The van der Waals surface area contributed by atoms with Crippen molar-refractivity contribution in [3.8, 4) is 0 Å². The molecule has 0 saturated carbocycles. The monoisotopic (exact) mass is 340 g/mol. The number of aromatic nitrogens is 1. The smallest absolute Gasteiger partial charge is 0.329 e. The molecule has 0 spiro atoms. The van der Waals surface area contributed by atoms with Gasteiger partial charge in [-0.1, -0.05) is 6.07 Å². The quantitative estimate of drug-likeness (QED) is 0.690. The van der Waals surface area contributed by atoms with E-state index in [9.17, 15) is 19.5 Å². The Kier molecular flexibility index (Phi) is 4.71. The highest BCUT2D eigenvalue weighted by Crippen LogP contribution is 2.17. The molecule has 1 aliphatic rings. The van der Waals surface area contributed by atoms with Crippen molar-refractivity contribution in [1.29, 1.82) is 0 Å². The van der Waals surface area contributed by atoms with Gasteiger partial charge < -0.3 is 10.4 Å². The molecule has 8 nitrogen and oxygen atoms in total. The third-order valence-electron chi connectivity index (χ3n) is 3.72. The van der Waals surface area contributed by atoms with Crippen LogP contribution in [-0.2, 0) is 4.79 Å². The Hall–Kier alpha value is -3.26. The molecule has 1 aromatic carbocycles. The average Bonchev–Trinajstić information content (AvgIpc) is 2.98. The second-order valence-corrected chi connectivity index (χ2v) is 5.47. The third-order valence-corrected chi connectivity index (χ3v) is 3.72. The van der Waals surface area contributed by atoms with E-state index in [1.54, 1.807) is 48.7 Å². The second-order valence-electron chi connectivity index (χ2n) is 5.47. The van der Waals surface area contributed by atoms with Gasteiger partial charge in [-0.2, -0.15) is 0 Å². The fourth-order valence-electron chi connectivity index (χ4n) is 2.41. The van der Waals surface area contributed by atoms with Crippen LogP contribution in [0, 0.1) is 0 Å². The Balaban J connectivity index is 1.59. The molecule has 1 aliphatic heterocycles. The number of hydrogen-bond acceptors (Lipinski definition) is 5. The highest BCUT2D eigenvalue weighted by atomic mass is 16.3. The number of rotatable bonds is 5. The van der Waals surface area contributed by atoms with Crippen molar-refractivity contribution in [2.24, 2.45) is 0 Å². The number of imide groups is 1. The molecule has 0 radical (unpaired) electrons. The zero-order valence-electron chi connectivity index (χ0n) is 13.2. The molecule has 0 unspecified atom stereocenters. The number of carbonyl (C=O) groups excluding carboxylic acids is 3. The zero-order chi connectivity index (χ0) is 17.8. The van der Waals surface area contributed by atoms with Crippen LogP contribution in [-0.4, -0.2) is 41.0 Å². The number of anilines is 1. The lowest BCUT2D eigenvalue weighted by atomic mass is 10.1. The first-order chi connectivity index (χ1) is 12.0. The van der Waals surface area contributed by atoms with Gasteiger partial charge in [0.05, 0.1) is 5.69 Å². The largest absolute Gasteiger partial charge is 0.385 e. The van der Waals surface area contributed by atoms with E-state index in [0.29, 0.717) is 16.9 Å². The van der Waals surface area contributed by atoms with Gasteiger partial charge in [-0.05, 0) is 36.4 Å². The number of benzene rings is 1. The molecule has 128 valence electrons. The van der Waals surface area contributed by atoms with Crippen molar-refractivity contribution in [2.75, 3.05) is 18.0 Å². The highest BCUT2D eigenvalue weighted by Gasteiger charge is 2.27. The SMILES string of the molecule is O=C1CN(c2ccc(C(=O)NC[C@@H](O)c3ccccn3)cc2)C(=O)N1.